The summed E-state index contributed by atoms with van der Waals surface area (Å²) < 4.78 is 1.69. The Morgan fingerprint density at radius 1 is 1.52 bits per heavy atom. The van der Waals surface area contributed by atoms with Crippen molar-refractivity contribution in [3.63, 3.8) is 0 Å². The highest BCUT2D eigenvalue weighted by molar-refractivity contribution is 7.10. The van der Waals surface area contributed by atoms with E-state index in [-0.39, 0.29) is 5.91 Å². The number of hydrogen-bond acceptors (Lipinski definition) is 5. The van der Waals surface area contributed by atoms with Crippen LogP contribution >= 0.6 is 11.3 Å². The number of aryl methyl sites for hydroxylation is 1. The van der Waals surface area contributed by atoms with Crippen LogP contribution in [0.3, 0.4) is 0 Å². The predicted molar refractivity (Wildman–Crippen MR) is 81.0 cm³/mol. The maximum Gasteiger partial charge on any atom is 0.236 e. The minimum Gasteiger partial charge on any atom is -0.337 e. The molecule has 21 heavy (non-hydrogen) atoms. The molecule has 1 aliphatic rings. The molecule has 7 heteroatoms. The summed E-state index contributed by atoms with van der Waals surface area (Å²) in [7, 11) is 1.85. The van der Waals surface area contributed by atoms with Gasteiger partial charge in [-0.05, 0) is 23.4 Å². The largest absolute Gasteiger partial charge is 0.337 e. The van der Waals surface area contributed by atoms with E-state index in [2.05, 4.69) is 26.8 Å². The number of aromatic nitrogens is 3. The van der Waals surface area contributed by atoms with Gasteiger partial charge in [-0.15, -0.1) is 11.3 Å². The summed E-state index contributed by atoms with van der Waals surface area (Å²) in [5.74, 6) is 0.971. The summed E-state index contributed by atoms with van der Waals surface area (Å²) in [5.41, 5.74) is 1.30. The standard InChI is InChI=1S/C14H19N5OS/c1-18-10-16-13(17-18)2-5-15-8-14(20)19-6-3-12-11(9-19)4-7-21-12/h4,7,10,15H,2-3,5-6,8-9H2,1H3. The molecule has 3 heterocycles. The average molecular weight is 305 g/mol. The molecule has 1 amide bonds. The minimum absolute atomic E-state index is 0.167. The summed E-state index contributed by atoms with van der Waals surface area (Å²) in [4.78, 5) is 19.7. The van der Waals surface area contributed by atoms with Gasteiger partial charge in [-0.25, -0.2) is 4.98 Å². The molecule has 3 rings (SSSR count). The molecule has 0 spiro atoms. The summed E-state index contributed by atoms with van der Waals surface area (Å²) in [6.07, 6.45) is 3.41. The molecule has 1 N–H and O–H groups in total. The molecule has 1 aliphatic heterocycles. The number of rotatable bonds is 5. The highest BCUT2D eigenvalue weighted by atomic mass is 32.1. The Hall–Kier alpha value is -1.73. The smallest absolute Gasteiger partial charge is 0.236 e. The van der Waals surface area contributed by atoms with E-state index in [1.165, 1.54) is 10.4 Å². The summed E-state index contributed by atoms with van der Waals surface area (Å²) >= 11 is 1.79. The molecule has 6 nitrogen and oxygen atoms in total. The number of hydrogen-bond donors (Lipinski definition) is 1. The molecule has 0 saturated carbocycles. The first-order valence-corrected chi connectivity index (χ1v) is 7.98. The van der Waals surface area contributed by atoms with Gasteiger partial charge in [0.1, 0.15) is 6.33 Å². The Kier molecular flexibility index (Phi) is 4.31. The minimum atomic E-state index is 0.167. The third-order valence-corrected chi connectivity index (χ3v) is 4.63. The quantitative estimate of drug-likeness (QED) is 0.822. The van der Waals surface area contributed by atoms with Crippen LogP contribution < -0.4 is 5.32 Å². The Morgan fingerprint density at radius 2 is 2.43 bits per heavy atom. The van der Waals surface area contributed by atoms with E-state index in [4.69, 9.17) is 0 Å². The van der Waals surface area contributed by atoms with Crippen molar-refractivity contribution in [1.82, 2.24) is 25.0 Å². The second-order valence-corrected chi connectivity index (χ2v) is 6.20. The highest BCUT2D eigenvalue weighted by Gasteiger charge is 2.20. The fourth-order valence-corrected chi connectivity index (χ4v) is 3.36. The molecule has 0 saturated heterocycles. The zero-order valence-electron chi connectivity index (χ0n) is 12.1. The molecule has 2 aromatic rings. The van der Waals surface area contributed by atoms with Gasteiger partial charge in [0.25, 0.3) is 0 Å². The molecule has 0 bridgehead atoms. The molecule has 0 atom stereocenters. The molecule has 2 aromatic heterocycles. The first-order valence-electron chi connectivity index (χ1n) is 7.10. The van der Waals surface area contributed by atoms with Gasteiger partial charge in [-0.2, -0.15) is 5.10 Å². The predicted octanol–water partition coefficient (Wildman–Crippen LogP) is 0.594. The normalized spacial score (nSPS) is 14.2. The van der Waals surface area contributed by atoms with Crippen molar-refractivity contribution < 1.29 is 4.79 Å². The first-order chi connectivity index (χ1) is 10.2. The molecule has 112 valence electrons. The van der Waals surface area contributed by atoms with Gasteiger partial charge in [0.2, 0.25) is 5.91 Å². The Morgan fingerprint density at radius 3 is 3.24 bits per heavy atom. The van der Waals surface area contributed by atoms with Crippen LogP contribution in [-0.2, 0) is 31.2 Å². The number of nitrogens with one attached hydrogen (secondary N) is 1. The van der Waals surface area contributed by atoms with E-state index in [1.54, 1.807) is 22.3 Å². The fourth-order valence-electron chi connectivity index (χ4n) is 2.47. The first kappa shape index (κ1) is 14.2. The number of carbonyl (C=O) groups excluding carboxylic acids is 1. The van der Waals surface area contributed by atoms with E-state index >= 15 is 0 Å². The van der Waals surface area contributed by atoms with Crippen LogP contribution in [0.1, 0.15) is 16.3 Å². The van der Waals surface area contributed by atoms with Gasteiger partial charge < -0.3 is 10.2 Å². The zero-order valence-corrected chi connectivity index (χ0v) is 12.9. The lowest BCUT2D eigenvalue weighted by atomic mass is 10.1. The lowest BCUT2D eigenvalue weighted by Crippen LogP contribution is -2.41. The van der Waals surface area contributed by atoms with E-state index in [9.17, 15) is 4.79 Å². The lowest BCUT2D eigenvalue weighted by molar-refractivity contribution is -0.131. The number of thiophene rings is 1. The highest BCUT2D eigenvalue weighted by Crippen LogP contribution is 2.23. The van der Waals surface area contributed by atoms with E-state index in [0.717, 1.165) is 31.8 Å². The van der Waals surface area contributed by atoms with Gasteiger partial charge in [0.15, 0.2) is 5.82 Å². The van der Waals surface area contributed by atoms with Crippen LogP contribution in [0.5, 0.6) is 0 Å². The summed E-state index contributed by atoms with van der Waals surface area (Å²) in [6, 6.07) is 2.12. The van der Waals surface area contributed by atoms with Crippen LogP contribution in [0.2, 0.25) is 0 Å². The van der Waals surface area contributed by atoms with E-state index < -0.39 is 0 Å². The van der Waals surface area contributed by atoms with Crippen molar-refractivity contribution in [1.29, 1.82) is 0 Å². The summed E-state index contributed by atoms with van der Waals surface area (Å²) in [5, 5.41) is 9.50. The maximum absolute atomic E-state index is 12.2. The van der Waals surface area contributed by atoms with Crippen molar-refractivity contribution in [3.8, 4) is 0 Å². The van der Waals surface area contributed by atoms with E-state index in [0.29, 0.717) is 13.1 Å². The molecule has 0 aliphatic carbocycles. The van der Waals surface area contributed by atoms with Crippen LogP contribution in [0.15, 0.2) is 17.8 Å². The number of fused-ring (bicyclic) bond motifs is 1. The van der Waals surface area contributed by atoms with Crippen LogP contribution in [0.4, 0.5) is 0 Å². The van der Waals surface area contributed by atoms with Crippen LogP contribution in [-0.4, -0.2) is 45.2 Å². The zero-order chi connectivity index (χ0) is 14.7. The molecular formula is C14H19N5OS. The van der Waals surface area contributed by atoms with Crippen molar-refractivity contribution in [2.24, 2.45) is 7.05 Å². The Bertz CT molecular complexity index is 620. The van der Waals surface area contributed by atoms with Crippen molar-refractivity contribution >= 4 is 17.2 Å². The topological polar surface area (TPSA) is 63.1 Å². The van der Waals surface area contributed by atoms with Crippen LogP contribution in [0.25, 0.3) is 0 Å². The van der Waals surface area contributed by atoms with Gasteiger partial charge in [-0.3, -0.25) is 9.48 Å². The number of nitrogens with zero attached hydrogens (tertiary/aromatic N) is 4. The second-order valence-electron chi connectivity index (χ2n) is 5.20. The Balaban J connectivity index is 1.41. The molecular weight excluding hydrogens is 286 g/mol. The average Bonchev–Trinajstić information content (AvgIpc) is 3.11. The third kappa shape index (κ3) is 3.48. The monoisotopic (exact) mass is 305 g/mol. The Labute approximate surface area is 127 Å². The van der Waals surface area contributed by atoms with Gasteiger partial charge in [0, 0.05) is 38.0 Å². The fraction of sp³-hybridized carbons (Fsp3) is 0.500. The van der Waals surface area contributed by atoms with Gasteiger partial charge in [-0.1, -0.05) is 0 Å². The van der Waals surface area contributed by atoms with E-state index in [1.807, 2.05) is 11.9 Å². The second kappa shape index (κ2) is 6.36. The maximum atomic E-state index is 12.2. The van der Waals surface area contributed by atoms with Gasteiger partial charge >= 0.3 is 0 Å². The molecule has 0 fully saturated rings. The lowest BCUT2D eigenvalue weighted by Gasteiger charge is -2.27. The van der Waals surface area contributed by atoms with Crippen molar-refractivity contribution in [3.05, 3.63) is 34.0 Å². The number of amides is 1. The molecule has 0 aromatic carbocycles. The van der Waals surface area contributed by atoms with Crippen LogP contribution in [0, 0.1) is 0 Å². The SMILES string of the molecule is Cn1cnc(CCNCC(=O)N2CCc3sccc3C2)n1. The van der Waals surface area contributed by atoms with Gasteiger partial charge in [0.05, 0.1) is 6.54 Å². The molecule has 0 unspecified atom stereocenters. The summed E-state index contributed by atoms with van der Waals surface area (Å²) in [6.45, 7) is 2.68. The number of carbonyl (C=O) groups is 1. The van der Waals surface area contributed by atoms with Crippen molar-refractivity contribution in [2.45, 2.75) is 19.4 Å². The van der Waals surface area contributed by atoms with Crippen molar-refractivity contribution in [2.75, 3.05) is 19.6 Å². The molecule has 0 radical (unpaired) electrons. The third-order valence-electron chi connectivity index (χ3n) is 3.61.